The summed E-state index contributed by atoms with van der Waals surface area (Å²) in [7, 11) is 0. The number of benzene rings is 2. The third-order valence-corrected chi connectivity index (χ3v) is 4.07. The molecular weight excluding hydrogens is 266 g/mol. The molecule has 0 radical (unpaired) electrons. The number of ether oxygens (including phenoxy) is 1. The number of carbonyl (C=O) groups is 2. The fraction of sp³-hybridized carbons (Fsp3) is 0.176. The molecule has 0 bridgehead atoms. The molecule has 2 aromatic rings. The van der Waals surface area contributed by atoms with E-state index < -0.39 is 11.7 Å². The van der Waals surface area contributed by atoms with Crippen molar-refractivity contribution in [1.82, 2.24) is 0 Å². The molecule has 4 heteroatoms. The highest BCUT2D eigenvalue weighted by molar-refractivity contribution is 6.15. The van der Waals surface area contributed by atoms with E-state index in [1.54, 1.807) is 24.3 Å². The van der Waals surface area contributed by atoms with E-state index in [4.69, 9.17) is 4.74 Å². The second-order valence-corrected chi connectivity index (χ2v) is 5.47. The maximum absolute atomic E-state index is 12.5. The van der Waals surface area contributed by atoms with Crippen LogP contribution in [0.3, 0.4) is 0 Å². The van der Waals surface area contributed by atoms with Crippen LogP contribution in [0.15, 0.2) is 48.5 Å². The quantitative estimate of drug-likeness (QED) is 0.678. The Bertz CT molecular complexity index is 769. The predicted molar refractivity (Wildman–Crippen MR) is 77.1 cm³/mol. The fourth-order valence-corrected chi connectivity index (χ4v) is 2.93. The van der Waals surface area contributed by atoms with Crippen LogP contribution in [0.25, 0.3) is 0 Å². The van der Waals surface area contributed by atoms with Gasteiger partial charge in [0.2, 0.25) is 5.60 Å². The van der Waals surface area contributed by atoms with Gasteiger partial charge in [-0.3, -0.25) is 9.59 Å². The highest BCUT2D eigenvalue weighted by atomic mass is 16.6. The van der Waals surface area contributed by atoms with Gasteiger partial charge in [0.05, 0.1) is 0 Å². The molecule has 2 heterocycles. The number of aryl methyl sites for hydroxylation is 1. The predicted octanol–water partition coefficient (Wildman–Crippen LogP) is 2.42. The molecule has 4 rings (SSSR count). The number of fused-ring (bicyclic) bond motifs is 2. The molecule has 2 atom stereocenters. The minimum atomic E-state index is -1.13. The van der Waals surface area contributed by atoms with Crippen molar-refractivity contribution in [3.63, 3.8) is 0 Å². The Labute approximate surface area is 121 Å². The number of carbonyl (C=O) groups excluding carboxylic acids is 2. The number of ketones is 1. The summed E-state index contributed by atoms with van der Waals surface area (Å²) in [6.07, 6.45) is -0.733. The summed E-state index contributed by atoms with van der Waals surface area (Å²) < 4.78 is 5.61. The summed E-state index contributed by atoms with van der Waals surface area (Å²) in [4.78, 5) is 24.8. The molecule has 21 heavy (non-hydrogen) atoms. The third-order valence-electron chi connectivity index (χ3n) is 4.07. The standard InChI is InChI=1S/C17H13NO3/c1-10-7-8-13-12(9-10)17(16(20)18-13)15(21-17)14(19)11-5-3-2-4-6-11/h2-9,15H,1H3,(H,18,20)/t15-,17-/m1/s1. The minimum Gasteiger partial charge on any atom is -0.342 e. The van der Waals surface area contributed by atoms with Crippen molar-refractivity contribution in [2.45, 2.75) is 18.6 Å². The van der Waals surface area contributed by atoms with E-state index in [1.807, 2.05) is 31.2 Å². The van der Waals surface area contributed by atoms with Crippen molar-refractivity contribution in [2.24, 2.45) is 0 Å². The van der Waals surface area contributed by atoms with Gasteiger partial charge < -0.3 is 10.1 Å². The Morgan fingerprint density at radius 1 is 1.19 bits per heavy atom. The molecule has 0 unspecified atom stereocenters. The zero-order valence-corrected chi connectivity index (χ0v) is 11.4. The molecule has 1 N–H and O–H groups in total. The van der Waals surface area contributed by atoms with Crippen LogP contribution in [0.5, 0.6) is 0 Å². The Morgan fingerprint density at radius 2 is 1.95 bits per heavy atom. The smallest absolute Gasteiger partial charge is 0.264 e. The zero-order chi connectivity index (χ0) is 14.6. The molecule has 2 aliphatic rings. The van der Waals surface area contributed by atoms with Gasteiger partial charge in [-0.1, -0.05) is 48.0 Å². The average Bonchev–Trinajstić information content (AvgIpc) is 3.19. The van der Waals surface area contributed by atoms with Crippen LogP contribution in [-0.4, -0.2) is 17.8 Å². The number of hydrogen-bond acceptors (Lipinski definition) is 3. The number of nitrogens with one attached hydrogen (secondary N) is 1. The van der Waals surface area contributed by atoms with Crippen LogP contribution in [0.4, 0.5) is 5.69 Å². The van der Waals surface area contributed by atoms with Gasteiger partial charge in [0.25, 0.3) is 5.91 Å². The first-order chi connectivity index (χ1) is 10.1. The van der Waals surface area contributed by atoms with Crippen LogP contribution in [0.1, 0.15) is 21.5 Å². The molecule has 0 saturated carbocycles. The first-order valence-corrected chi connectivity index (χ1v) is 6.82. The van der Waals surface area contributed by atoms with Crippen LogP contribution in [0, 0.1) is 6.92 Å². The number of amides is 1. The van der Waals surface area contributed by atoms with Gasteiger partial charge in [-0.15, -0.1) is 0 Å². The second kappa shape index (κ2) is 4.02. The molecule has 1 spiro atoms. The van der Waals surface area contributed by atoms with Crippen LogP contribution >= 0.6 is 0 Å². The minimum absolute atomic E-state index is 0.153. The first kappa shape index (κ1) is 12.3. The summed E-state index contributed by atoms with van der Waals surface area (Å²) in [6.45, 7) is 1.95. The normalized spacial score (nSPS) is 25.6. The summed E-state index contributed by atoms with van der Waals surface area (Å²) in [5, 5.41) is 2.80. The monoisotopic (exact) mass is 279 g/mol. The average molecular weight is 279 g/mol. The third kappa shape index (κ3) is 1.59. The van der Waals surface area contributed by atoms with Crippen molar-refractivity contribution in [3.05, 3.63) is 65.2 Å². The summed E-state index contributed by atoms with van der Waals surface area (Å²) in [5.74, 6) is -0.405. The van der Waals surface area contributed by atoms with Crippen LogP contribution < -0.4 is 5.32 Å². The zero-order valence-electron chi connectivity index (χ0n) is 11.4. The lowest BCUT2D eigenvalue weighted by atomic mass is 9.91. The van der Waals surface area contributed by atoms with Gasteiger partial charge in [-0.25, -0.2) is 0 Å². The Hall–Kier alpha value is -2.46. The van der Waals surface area contributed by atoms with Gasteiger partial charge in [0.1, 0.15) is 0 Å². The summed E-state index contributed by atoms with van der Waals surface area (Å²) >= 11 is 0. The van der Waals surface area contributed by atoms with Crippen molar-refractivity contribution in [1.29, 1.82) is 0 Å². The SMILES string of the molecule is Cc1ccc2c(c1)[C@]1(O[C@@H]1C(=O)c1ccccc1)C(=O)N2. The molecule has 104 valence electrons. The Kier molecular flexibility index (Phi) is 2.35. The van der Waals surface area contributed by atoms with Crippen molar-refractivity contribution >= 4 is 17.4 Å². The molecule has 2 aromatic carbocycles. The molecule has 0 aliphatic carbocycles. The maximum atomic E-state index is 12.5. The van der Waals surface area contributed by atoms with Gasteiger partial charge in [0.15, 0.2) is 11.9 Å². The van der Waals surface area contributed by atoms with Gasteiger partial charge >= 0.3 is 0 Å². The number of Topliss-reactive ketones (excluding diaryl/α,β-unsaturated/α-hetero) is 1. The first-order valence-electron chi connectivity index (χ1n) is 6.82. The largest absolute Gasteiger partial charge is 0.342 e. The highest BCUT2D eigenvalue weighted by Gasteiger charge is 2.70. The number of epoxide rings is 1. The number of hydrogen-bond donors (Lipinski definition) is 1. The Morgan fingerprint density at radius 3 is 2.71 bits per heavy atom. The van der Waals surface area contributed by atoms with Crippen LogP contribution in [0.2, 0.25) is 0 Å². The molecule has 0 aromatic heterocycles. The van der Waals surface area contributed by atoms with Gasteiger partial charge in [0, 0.05) is 16.8 Å². The molecule has 1 amide bonds. The number of anilines is 1. The lowest BCUT2D eigenvalue weighted by molar-refractivity contribution is -0.120. The Balaban J connectivity index is 1.74. The summed E-state index contributed by atoms with van der Waals surface area (Å²) in [5.41, 5.74) is 1.96. The number of rotatable bonds is 2. The second-order valence-electron chi connectivity index (χ2n) is 5.47. The van der Waals surface area contributed by atoms with E-state index in [0.717, 1.165) is 16.8 Å². The highest BCUT2D eigenvalue weighted by Crippen LogP contribution is 2.54. The van der Waals surface area contributed by atoms with E-state index in [1.165, 1.54) is 0 Å². The van der Waals surface area contributed by atoms with Crippen molar-refractivity contribution in [3.8, 4) is 0 Å². The molecule has 1 saturated heterocycles. The van der Waals surface area contributed by atoms with E-state index in [2.05, 4.69) is 5.32 Å². The van der Waals surface area contributed by atoms with Gasteiger partial charge in [-0.05, 0) is 13.0 Å². The van der Waals surface area contributed by atoms with Crippen LogP contribution in [-0.2, 0) is 15.1 Å². The topological polar surface area (TPSA) is 58.7 Å². The molecule has 4 nitrogen and oxygen atoms in total. The lowest BCUT2D eigenvalue weighted by Crippen LogP contribution is -2.27. The lowest BCUT2D eigenvalue weighted by Gasteiger charge is -2.04. The molecule has 1 fully saturated rings. The van der Waals surface area contributed by atoms with Gasteiger partial charge in [-0.2, -0.15) is 0 Å². The van der Waals surface area contributed by atoms with E-state index in [-0.39, 0.29) is 11.7 Å². The molecule has 2 aliphatic heterocycles. The summed E-state index contributed by atoms with van der Waals surface area (Å²) in [6, 6.07) is 14.6. The van der Waals surface area contributed by atoms with E-state index in [0.29, 0.717) is 5.56 Å². The van der Waals surface area contributed by atoms with E-state index in [9.17, 15) is 9.59 Å². The van der Waals surface area contributed by atoms with Crippen molar-refractivity contribution < 1.29 is 14.3 Å². The van der Waals surface area contributed by atoms with Crippen molar-refractivity contribution in [2.75, 3.05) is 5.32 Å². The van der Waals surface area contributed by atoms with E-state index >= 15 is 0 Å². The molecular formula is C17H13NO3. The maximum Gasteiger partial charge on any atom is 0.264 e. The fourth-order valence-electron chi connectivity index (χ4n) is 2.93.